The zero-order chi connectivity index (χ0) is 16.9. The number of oxazole rings is 1. The number of ether oxygens (including phenoxy) is 1. The summed E-state index contributed by atoms with van der Waals surface area (Å²) in [4.78, 5) is 16.1. The topological polar surface area (TPSA) is 119 Å². The molecule has 3 aromatic rings. The number of halogens is 1. The molecule has 3 rings (SSSR count). The van der Waals surface area contributed by atoms with Gasteiger partial charge in [-0.3, -0.25) is 4.79 Å². The van der Waals surface area contributed by atoms with Gasteiger partial charge >= 0.3 is 0 Å². The smallest absolute Gasteiger partial charge is 0.273 e. The highest BCUT2D eigenvalue weighted by atomic mass is 19.1. The summed E-state index contributed by atoms with van der Waals surface area (Å²) in [5.41, 5.74) is 0.0863. The van der Waals surface area contributed by atoms with E-state index in [0.29, 0.717) is 11.6 Å². The van der Waals surface area contributed by atoms with Crippen molar-refractivity contribution in [1.29, 1.82) is 0 Å². The van der Waals surface area contributed by atoms with Gasteiger partial charge in [-0.2, -0.15) is 5.21 Å². The minimum absolute atomic E-state index is 0.0306. The Morgan fingerprint density at radius 3 is 3.12 bits per heavy atom. The molecule has 0 bridgehead atoms. The first-order valence-electron chi connectivity index (χ1n) is 6.99. The van der Waals surface area contributed by atoms with Crippen molar-refractivity contribution >= 4 is 5.91 Å². The monoisotopic (exact) mass is 332 g/mol. The van der Waals surface area contributed by atoms with Crippen LogP contribution in [0.5, 0.6) is 5.75 Å². The number of nitrogens with one attached hydrogen (secondary N) is 2. The second kappa shape index (κ2) is 6.86. The Hall–Kier alpha value is -3.30. The molecule has 0 spiro atoms. The fourth-order valence-corrected chi connectivity index (χ4v) is 1.87. The molecule has 1 amide bonds. The summed E-state index contributed by atoms with van der Waals surface area (Å²) in [5.74, 6) is 0.0199. The van der Waals surface area contributed by atoms with E-state index >= 15 is 0 Å². The van der Waals surface area contributed by atoms with Crippen LogP contribution < -0.4 is 10.1 Å². The lowest BCUT2D eigenvalue weighted by atomic mass is 10.3. The molecule has 24 heavy (non-hydrogen) atoms. The normalized spacial score (nSPS) is 11.9. The van der Waals surface area contributed by atoms with E-state index in [0.717, 1.165) is 0 Å². The van der Waals surface area contributed by atoms with Gasteiger partial charge in [0.2, 0.25) is 5.89 Å². The second-order valence-corrected chi connectivity index (χ2v) is 4.84. The van der Waals surface area contributed by atoms with Gasteiger partial charge in [0.05, 0.1) is 6.04 Å². The van der Waals surface area contributed by atoms with Gasteiger partial charge in [0.1, 0.15) is 17.8 Å². The predicted molar refractivity (Wildman–Crippen MR) is 77.3 cm³/mol. The van der Waals surface area contributed by atoms with Crippen LogP contribution in [0.1, 0.15) is 35.2 Å². The molecule has 0 radical (unpaired) electrons. The lowest BCUT2D eigenvalue weighted by molar-refractivity contribution is 0.0933. The van der Waals surface area contributed by atoms with Crippen LogP contribution in [0.4, 0.5) is 4.39 Å². The van der Waals surface area contributed by atoms with Gasteiger partial charge in [0.15, 0.2) is 18.1 Å². The minimum Gasteiger partial charge on any atom is -0.484 e. The Bertz CT molecular complexity index is 820. The van der Waals surface area contributed by atoms with E-state index in [1.54, 1.807) is 13.0 Å². The molecule has 0 aliphatic rings. The van der Waals surface area contributed by atoms with Crippen LogP contribution in [0.2, 0.25) is 0 Å². The number of carbonyl (C=O) groups excluding carboxylic acids is 1. The number of hydrogen-bond acceptors (Lipinski definition) is 7. The third-order valence-electron chi connectivity index (χ3n) is 3.04. The molecule has 2 aromatic heterocycles. The first-order chi connectivity index (χ1) is 11.6. The molecular weight excluding hydrogens is 319 g/mol. The molecule has 0 unspecified atom stereocenters. The summed E-state index contributed by atoms with van der Waals surface area (Å²) in [7, 11) is 0. The van der Waals surface area contributed by atoms with Gasteiger partial charge < -0.3 is 14.5 Å². The summed E-state index contributed by atoms with van der Waals surface area (Å²) >= 11 is 0. The maximum absolute atomic E-state index is 13.1. The van der Waals surface area contributed by atoms with E-state index in [1.165, 1.54) is 24.5 Å². The van der Waals surface area contributed by atoms with E-state index < -0.39 is 17.8 Å². The van der Waals surface area contributed by atoms with E-state index in [1.807, 2.05) is 0 Å². The van der Waals surface area contributed by atoms with Crippen molar-refractivity contribution in [3.05, 3.63) is 53.8 Å². The maximum Gasteiger partial charge on any atom is 0.273 e. The largest absolute Gasteiger partial charge is 0.484 e. The summed E-state index contributed by atoms with van der Waals surface area (Å²) in [5, 5.41) is 15.9. The highest BCUT2D eigenvalue weighted by molar-refractivity contribution is 5.92. The number of benzene rings is 1. The summed E-state index contributed by atoms with van der Waals surface area (Å²) < 4.78 is 23.6. The van der Waals surface area contributed by atoms with Crippen LogP contribution in [0, 0.1) is 5.82 Å². The molecule has 124 valence electrons. The van der Waals surface area contributed by atoms with Crippen LogP contribution in [0.25, 0.3) is 0 Å². The lowest BCUT2D eigenvalue weighted by Crippen LogP contribution is -2.27. The zero-order valence-electron chi connectivity index (χ0n) is 12.6. The number of amides is 1. The average Bonchev–Trinajstić information content (AvgIpc) is 3.25. The number of aromatic nitrogens is 5. The molecule has 2 heterocycles. The SMILES string of the molecule is C[C@H](NC(=O)c1coc(COc2cccc(F)c2)n1)c1nn[nH]n1. The van der Waals surface area contributed by atoms with Crippen molar-refractivity contribution in [2.24, 2.45) is 0 Å². The number of aromatic amines is 1. The quantitative estimate of drug-likeness (QED) is 0.700. The molecule has 0 saturated carbocycles. The van der Waals surface area contributed by atoms with Gasteiger partial charge in [-0.15, -0.1) is 10.2 Å². The van der Waals surface area contributed by atoms with E-state index in [9.17, 15) is 9.18 Å². The van der Waals surface area contributed by atoms with E-state index in [4.69, 9.17) is 9.15 Å². The number of tetrazole rings is 1. The second-order valence-electron chi connectivity index (χ2n) is 4.84. The molecular formula is C14H13FN6O3. The minimum atomic E-state index is -0.451. The predicted octanol–water partition coefficient (Wildman–Crippen LogP) is 1.40. The fourth-order valence-electron chi connectivity index (χ4n) is 1.87. The Morgan fingerprint density at radius 1 is 1.50 bits per heavy atom. The van der Waals surface area contributed by atoms with Crippen LogP contribution in [0.15, 0.2) is 34.9 Å². The maximum atomic E-state index is 13.1. The van der Waals surface area contributed by atoms with Gasteiger partial charge in [-0.25, -0.2) is 9.37 Å². The van der Waals surface area contributed by atoms with Gasteiger partial charge in [0.25, 0.3) is 5.91 Å². The highest BCUT2D eigenvalue weighted by Crippen LogP contribution is 2.14. The van der Waals surface area contributed by atoms with E-state index in [-0.39, 0.29) is 18.2 Å². The van der Waals surface area contributed by atoms with Gasteiger partial charge in [0, 0.05) is 6.07 Å². The van der Waals surface area contributed by atoms with Crippen LogP contribution >= 0.6 is 0 Å². The van der Waals surface area contributed by atoms with Crippen molar-refractivity contribution in [2.75, 3.05) is 0 Å². The van der Waals surface area contributed by atoms with Gasteiger partial charge in [-0.05, 0) is 19.1 Å². The Morgan fingerprint density at radius 2 is 2.38 bits per heavy atom. The Kier molecular flexibility index (Phi) is 4.45. The number of H-pyrrole nitrogens is 1. The van der Waals surface area contributed by atoms with Crippen LogP contribution in [-0.4, -0.2) is 31.5 Å². The van der Waals surface area contributed by atoms with Crippen LogP contribution in [0.3, 0.4) is 0 Å². The van der Waals surface area contributed by atoms with Crippen LogP contribution in [-0.2, 0) is 6.61 Å². The lowest BCUT2D eigenvalue weighted by Gasteiger charge is -2.07. The number of carbonyl (C=O) groups is 1. The third-order valence-corrected chi connectivity index (χ3v) is 3.04. The summed E-state index contributed by atoms with van der Waals surface area (Å²) in [6, 6.07) is 5.24. The summed E-state index contributed by atoms with van der Waals surface area (Å²) in [6.07, 6.45) is 1.21. The Balaban J connectivity index is 1.57. The van der Waals surface area contributed by atoms with Crippen molar-refractivity contribution in [1.82, 2.24) is 30.9 Å². The average molecular weight is 332 g/mol. The highest BCUT2D eigenvalue weighted by Gasteiger charge is 2.18. The molecule has 1 aromatic carbocycles. The van der Waals surface area contributed by atoms with Crippen molar-refractivity contribution < 1.29 is 18.3 Å². The van der Waals surface area contributed by atoms with Crippen molar-refractivity contribution in [3.63, 3.8) is 0 Å². The third kappa shape index (κ3) is 3.72. The Labute approximate surface area is 135 Å². The molecule has 0 aliphatic heterocycles. The van der Waals surface area contributed by atoms with Crippen molar-refractivity contribution in [3.8, 4) is 5.75 Å². The molecule has 2 N–H and O–H groups in total. The van der Waals surface area contributed by atoms with Gasteiger partial charge in [-0.1, -0.05) is 11.3 Å². The first-order valence-corrected chi connectivity index (χ1v) is 6.99. The molecule has 9 nitrogen and oxygen atoms in total. The zero-order valence-corrected chi connectivity index (χ0v) is 12.6. The number of rotatable bonds is 6. The standard InChI is InChI=1S/C14H13FN6O3/c1-8(13-18-20-21-19-13)16-14(22)11-6-24-12(17-11)7-23-10-4-2-3-9(15)5-10/h2-6,8H,7H2,1H3,(H,16,22)(H,18,19,20,21)/t8-/m0/s1. The number of nitrogens with zero attached hydrogens (tertiary/aromatic N) is 4. The first kappa shape index (κ1) is 15.6. The van der Waals surface area contributed by atoms with Crippen molar-refractivity contribution in [2.45, 2.75) is 19.6 Å². The number of hydrogen-bond donors (Lipinski definition) is 2. The molecule has 10 heteroatoms. The van der Waals surface area contributed by atoms with E-state index in [2.05, 4.69) is 30.9 Å². The summed E-state index contributed by atoms with van der Waals surface area (Å²) in [6.45, 7) is 1.67. The molecule has 0 aliphatic carbocycles. The fraction of sp³-hybridized carbons (Fsp3) is 0.214. The molecule has 1 atom stereocenters. The molecule has 0 fully saturated rings. The molecule has 0 saturated heterocycles.